The van der Waals surface area contributed by atoms with Gasteiger partial charge in [0.25, 0.3) is 0 Å². The number of carboxylic acids is 1. The predicted octanol–water partition coefficient (Wildman–Crippen LogP) is 5.56. The van der Waals surface area contributed by atoms with Crippen LogP contribution in [0.3, 0.4) is 0 Å². The van der Waals surface area contributed by atoms with E-state index in [-0.39, 0.29) is 16.4 Å². The van der Waals surface area contributed by atoms with Crippen LogP contribution in [0.15, 0.2) is 51.4 Å². The molecule has 28 heavy (non-hydrogen) atoms. The number of thiocarbonyl (C=S) groups is 1. The number of nitrogens with one attached hydrogen (secondary N) is 2. The van der Waals surface area contributed by atoms with E-state index in [0.717, 1.165) is 5.56 Å². The summed E-state index contributed by atoms with van der Waals surface area (Å²) in [7, 11) is 0. The number of rotatable bonds is 5. The third-order valence-electron chi connectivity index (χ3n) is 3.79. The topological polar surface area (TPSA) is 78.4 Å². The zero-order chi connectivity index (χ0) is 20.8. The van der Waals surface area contributed by atoms with E-state index in [1.165, 1.54) is 17.7 Å². The summed E-state index contributed by atoms with van der Waals surface area (Å²) in [5, 5.41) is 14.6. The largest absolute Gasteiger partial charge is 0.478 e. The Morgan fingerprint density at radius 2 is 1.79 bits per heavy atom. The van der Waals surface area contributed by atoms with Crippen molar-refractivity contribution in [2.24, 2.45) is 0 Å². The molecule has 8 heteroatoms. The molecule has 0 fully saturated rings. The molecule has 3 N–H and O–H groups in total. The van der Waals surface area contributed by atoms with Crippen molar-refractivity contribution in [3.05, 3.63) is 68.1 Å². The Hall–Kier alpha value is -2.03. The average molecular weight is 526 g/mol. The fourth-order valence-electron chi connectivity index (χ4n) is 2.33. The van der Waals surface area contributed by atoms with Crippen molar-refractivity contribution < 1.29 is 14.7 Å². The molecule has 0 heterocycles. The van der Waals surface area contributed by atoms with Crippen LogP contribution in [-0.4, -0.2) is 22.1 Å². The van der Waals surface area contributed by atoms with Gasteiger partial charge >= 0.3 is 5.97 Å². The summed E-state index contributed by atoms with van der Waals surface area (Å²) in [5.74, 6) is -1.10. The van der Waals surface area contributed by atoms with Gasteiger partial charge in [0.05, 0.1) is 11.3 Å². The lowest BCUT2D eigenvalue weighted by Crippen LogP contribution is -2.33. The normalized spacial score (nSPS) is 10.9. The van der Waals surface area contributed by atoms with E-state index < -0.39 is 11.9 Å². The molecule has 5 nitrogen and oxygen atoms in total. The third kappa shape index (κ3) is 6.25. The van der Waals surface area contributed by atoms with Crippen molar-refractivity contribution >= 4 is 72.8 Å². The van der Waals surface area contributed by atoms with Crippen LogP contribution < -0.4 is 10.6 Å². The maximum Gasteiger partial charge on any atom is 0.337 e. The predicted molar refractivity (Wildman–Crippen MR) is 123 cm³/mol. The van der Waals surface area contributed by atoms with Crippen molar-refractivity contribution in [3.63, 3.8) is 0 Å². The van der Waals surface area contributed by atoms with Crippen molar-refractivity contribution in [1.29, 1.82) is 0 Å². The lowest BCUT2D eigenvalue weighted by atomic mass is 10.0. The minimum absolute atomic E-state index is 0.00433. The van der Waals surface area contributed by atoms with Gasteiger partial charge in [-0.05, 0) is 63.4 Å². The molecule has 1 amide bonds. The minimum Gasteiger partial charge on any atom is -0.478 e. The molecule has 0 aromatic heterocycles. The van der Waals surface area contributed by atoms with Crippen LogP contribution in [0, 0.1) is 0 Å². The lowest BCUT2D eigenvalue weighted by molar-refractivity contribution is -0.115. The molecule has 0 radical (unpaired) electrons. The number of amides is 1. The second-order valence-corrected chi connectivity index (χ2v) is 8.39. The Balaban J connectivity index is 2.03. The second kappa shape index (κ2) is 9.95. The SMILES string of the molecule is CC(C)c1ccc(C=CC(=O)NC(=S)Nc2c(Br)cc(Br)cc2C(=O)O)cc1. The average Bonchev–Trinajstić information content (AvgIpc) is 2.62. The first-order valence-corrected chi connectivity index (χ1v) is 10.3. The van der Waals surface area contributed by atoms with Gasteiger partial charge in [0.1, 0.15) is 0 Å². The molecule has 0 saturated carbocycles. The molecule has 146 valence electrons. The molecule has 2 aromatic carbocycles. The van der Waals surface area contributed by atoms with Gasteiger partial charge in [-0.3, -0.25) is 10.1 Å². The van der Waals surface area contributed by atoms with E-state index in [9.17, 15) is 14.7 Å². The maximum absolute atomic E-state index is 12.1. The minimum atomic E-state index is -1.12. The van der Waals surface area contributed by atoms with Gasteiger partial charge in [0.2, 0.25) is 5.91 Å². The lowest BCUT2D eigenvalue weighted by Gasteiger charge is -2.13. The number of carbonyl (C=O) groups excluding carboxylic acids is 1. The van der Waals surface area contributed by atoms with Gasteiger partial charge < -0.3 is 10.4 Å². The molecule has 0 unspecified atom stereocenters. The van der Waals surface area contributed by atoms with Crippen LogP contribution in [0.2, 0.25) is 0 Å². The summed E-state index contributed by atoms with van der Waals surface area (Å²) in [5.41, 5.74) is 2.39. The summed E-state index contributed by atoms with van der Waals surface area (Å²) < 4.78 is 1.10. The van der Waals surface area contributed by atoms with Crippen LogP contribution in [0.25, 0.3) is 6.08 Å². The molecule has 0 aliphatic carbocycles. The van der Waals surface area contributed by atoms with Gasteiger partial charge in [-0.2, -0.15) is 0 Å². The molecule has 2 aromatic rings. The van der Waals surface area contributed by atoms with Crippen LogP contribution in [0.5, 0.6) is 0 Å². The van der Waals surface area contributed by atoms with Crippen LogP contribution in [-0.2, 0) is 4.79 Å². The molecule has 0 aliphatic rings. The number of carboxylic acid groups (broad SMARTS) is 1. The Kier molecular flexibility index (Phi) is 7.91. The Morgan fingerprint density at radius 1 is 1.14 bits per heavy atom. The molecule has 2 rings (SSSR count). The molecule has 0 bridgehead atoms. The van der Waals surface area contributed by atoms with E-state index in [1.807, 2.05) is 24.3 Å². The first-order chi connectivity index (χ1) is 13.2. The summed E-state index contributed by atoms with van der Waals surface area (Å²) in [6.45, 7) is 4.23. The third-order valence-corrected chi connectivity index (χ3v) is 5.08. The highest BCUT2D eigenvalue weighted by molar-refractivity contribution is 9.11. The standard InChI is InChI=1S/C20H18Br2N2O3S/c1-11(2)13-6-3-12(4-7-13)5-8-17(25)23-20(28)24-18-15(19(26)27)9-14(21)10-16(18)22/h3-11H,1-2H3,(H,26,27)(H2,23,24,25,28). The van der Waals surface area contributed by atoms with E-state index in [2.05, 4.69) is 56.3 Å². The van der Waals surface area contributed by atoms with E-state index >= 15 is 0 Å². The van der Waals surface area contributed by atoms with Gasteiger partial charge in [0.15, 0.2) is 5.11 Å². The van der Waals surface area contributed by atoms with Crippen molar-refractivity contribution in [3.8, 4) is 0 Å². The molecule has 0 spiro atoms. The van der Waals surface area contributed by atoms with Gasteiger partial charge in [0, 0.05) is 15.0 Å². The molecular formula is C20H18Br2N2O3S. The summed E-state index contributed by atoms with van der Waals surface area (Å²) in [4.78, 5) is 23.5. The van der Waals surface area contributed by atoms with E-state index in [0.29, 0.717) is 14.9 Å². The Bertz CT molecular complexity index is 941. The number of carbonyl (C=O) groups is 2. The Morgan fingerprint density at radius 3 is 2.36 bits per heavy atom. The van der Waals surface area contributed by atoms with Crippen LogP contribution in [0.4, 0.5) is 5.69 Å². The molecule has 0 atom stereocenters. The fourth-order valence-corrected chi connectivity index (χ4v) is 3.86. The van der Waals surface area contributed by atoms with Gasteiger partial charge in [-0.25, -0.2) is 4.79 Å². The van der Waals surface area contributed by atoms with E-state index in [1.54, 1.807) is 12.1 Å². The highest BCUT2D eigenvalue weighted by atomic mass is 79.9. The smallest absolute Gasteiger partial charge is 0.337 e. The zero-order valence-electron chi connectivity index (χ0n) is 15.1. The number of anilines is 1. The van der Waals surface area contributed by atoms with Crippen LogP contribution in [0.1, 0.15) is 41.3 Å². The summed E-state index contributed by atoms with van der Waals surface area (Å²) >= 11 is 11.7. The fraction of sp³-hybridized carbons (Fsp3) is 0.150. The van der Waals surface area contributed by atoms with Crippen molar-refractivity contribution in [1.82, 2.24) is 5.32 Å². The molecular weight excluding hydrogens is 508 g/mol. The number of benzene rings is 2. The molecule has 0 saturated heterocycles. The van der Waals surface area contributed by atoms with Crippen LogP contribution >= 0.6 is 44.1 Å². The molecule has 0 aliphatic heterocycles. The second-order valence-electron chi connectivity index (χ2n) is 6.21. The van der Waals surface area contributed by atoms with Gasteiger partial charge in [-0.15, -0.1) is 0 Å². The highest BCUT2D eigenvalue weighted by Crippen LogP contribution is 2.30. The number of hydrogen-bond donors (Lipinski definition) is 3. The maximum atomic E-state index is 12.1. The highest BCUT2D eigenvalue weighted by Gasteiger charge is 2.16. The van der Waals surface area contributed by atoms with E-state index in [4.69, 9.17) is 12.2 Å². The van der Waals surface area contributed by atoms with Gasteiger partial charge in [-0.1, -0.05) is 54.0 Å². The zero-order valence-corrected chi connectivity index (χ0v) is 19.1. The number of hydrogen-bond acceptors (Lipinski definition) is 3. The first kappa shape index (κ1) is 22.3. The van der Waals surface area contributed by atoms with Crippen molar-refractivity contribution in [2.75, 3.05) is 5.32 Å². The van der Waals surface area contributed by atoms with Crippen molar-refractivity contribution in [2.45, 2.75) is 19.8 Å². The quantitative estimate of drug-likeness (QED) is 0.352. The Labute approximate surface area is 185 Å². The first-order valence-electron chi connectivity index (χ1n) is 8.29. The number of aromatic carboxylic acids is 1. The number of halogens is 2. The monoisotopic (exact) mass is 524 g/mol. The summed E-state index contributed by atoms with van der Waals surface area (Å²) in [6, 6.07) is 11.0. The summed E-state index contributed by atoms with van der Waals surface area (Å²) in [6.07, 6.45) is 3.05.